The number of benzene rings is 1. The van der Waals surface area contributed by atoms with Crippen molar-refractivity contribution in [2.45, 2.75) is 13.8 Å². The Kier molecular flexibility index (Phi) is 6.01. The van der Waals surface area contributed by atoms with Gasteiger partial charge in [-0.25, -0.2) is 4.39 Å². The number of anilines is 1. The lowest BCUT2D eigenvalue weighted by Crippen LogP contribution is -2.12. The third kappa shape index (κ3) is 4.18. The Bertz CT molecular complexity index is 1060. The van der Waals surface area contributed by atoms with Crippen LogP contribution in [0.2, 0.25) is 0 Å². The van der Waals surface area contributed by atoms with Crippen LogP contribution in [0.3, 0.4) is 0 Å². The topological polar surface area (TPSA) is 51.2 Å². The Labute approximate surface area is 167 Å². The van der Waals surface area contributed by atoms with Crippen molar-refractivity contribution in [1.82, 2.24) is 4.98 Å². The Hall–Kier alpha value is -3.25. The molecule has 3 aromatic rings. The number of rotatable bonds is 6. The van der Waals surface area contributed by atoms with Crippen molar-refractivity contribution < 1.29 is 13.9 Å². The van der Waals surface area contributed by atoms with Crippen LogP contribution < -0.4 is 5.32 Å². The van der Waals surface area contributed by atoms with Crippen molar-refractivity contribution in [2.75, 3.05) is 5.32 Å². The lowest BCUT2D eigenvalue weighted by Gasteiger charge is -2.10. The molecule has 0 saturated carbocycles. The van der Waals surface area contributed by atoms with Gasteiger partial charge in [-0.15, -0.1) is 11.3 Å². The number of nitrogens with zero attached hydrogens (tertiary/aromatic N) is 1. The van der Waals surface area contributed by atoms with Gasteiger partial charge in [-0.1, -0.05) is 18.7 Å². The molecule has 142 valence electrons. The summed E-state index contributed by atoms with van der Waals surface area (Å²) in [6.45, 7) is 7.52. The van der Waals surface area contributed by atoms with Gasteiger partial charge in [0.2, 0.25) is 0 Å². The van der Waals surface area contributed by atoms with Gasteiger partial charge in [-0.3, -0.25) is 9.78 Å². The van der Waals surface area contributed by atoms with Crippen LogP contribution in [-0.4, -0.2) is 10.9 Å². The fraction of sp³-hybridized carbons (Fsp3) is 0.0909. The summed E-state index contributed by atoms with van der Waals surface area (Å²) >= 11 is 1.42. The van der Waals surface area contributed by atoms with Gasteiger partial charge in [0.15, 0.2) is 5.82 Å². The first-order valence-corrected chi connectivity index (χ1v) is 9.41. The second kappa shape index (κ2) is 8.63. The molecule has 0 atom stereocenters. The Morgan fingerprint density at radius 1 is 1.29 bits per heavy atom. The van der Waals surface area contributed by atoms with Gasteiger partial charge in [0, 0.05) is 16.6 Å². The number of carbonyl (C=O) groups is 1. The first kappa shape index (κ1) is 19.5. The number of amides is 1. The molecule has 2 heterocycles. The lowest BCUT2D eigenvalue weighted by molar-refractivity contribution is 0.102. The van der Waals surface area contributed by atoms with Crippen molar-refractivity contribution in [2.24, 2.45) is 0 Å². The standard InChI is InChI=1S/C22H19FN2O2S/c1-4-19(27-5-2)15-7-6-14(3)17(12-15)20-8-9-21(28-20)25-22(26)16-10-11-24-13-18(16)23/h4-13H,2H2,1,3H3,(H,25,26)/b19-4-. The van der Waals surface area contributed by atoms with Gasteiger partial charge in [0.25, 0.3) is 5.91 Å². The zero-order valence-electron chi connectivity index (χ0n) is 15.5. The summed E-state index contributed by atoms with van der Waals surface area (Å²) in [6.07, 6.45) is 5.68. The summed E-state index contributed by atoms with van der Waals surface area (Å²) in [4.78, 5) is 16.9. The van der Waals surface area contributed by atoms with Crippen LogP contribution in [0, 0.1) is 12.7 Å². The monoisotopic (exact) mass is 394 g/mol. The maximum absolute atomic E-state index is 13.7. The summed E-state index contributed by atoms with van der Waals surface area (Å²) in [5, 5.41) is 3.37. The number of ether oxygens (including phenoxy) is 1. The number of nitrogens with one attached hydrogen (secondary N) is 1. The van der Waals surface area contributed by atoms with E-state index in [1.54, 1.807) is 6.07 Å². The van der Waals surface area contributed by atoms with Gasteiger partial charge in [0.05, 0.1) is 23.0 Å². The van der Waals surface area contributed by atoms with E-state index in [2.05, 4.69) is 16.9 Å². The summed E-state index contributed by atoms with van der Waals surface area (Å²) in [5.74, 6) is -0.440. The second-order valence-corrected chi connectivity index (χ2v) is 7.02. The summed E-state index contributed by atoms with van der Waals surface area (Å²) in [6, 6.07) is 11.1. The van der Waals surface area contributed by atoms with Crippen LogP contribution in [0.25, 0.3) is 16.2 Å². The average molecular weight is 394 g/mol. The average Bonchev–Trinajstić information content (AvgIpc) is 3.15. The fourth-order valence-corrected chi connectivity index (χ4v) is 3.70. The molecule has 6 heteroatoms. The van der Waals surface area contributed by atoms with Gasteiger partial charge in [-0.2, -0.15) is 0 Å². The minimum absolute atomic E-state index is 0.0394. The molecule has 0 aliphatic carbocycles. The maximum Gasteiger partial charge on any atom is 0.259 e. The van der Waals surface area contributed by atoms with Crippen LogP contribution in [0.5, 0.6) is 0 Å². The van der Waals surface area contributed by atoms with Gasteiger partial charge < -0.3 is 10.1 Å². The van der Waals surface area contributed by atoms with Crippen molar-refractivity contribution >= 4 is 28.0 Å². The van der Waals surface area contributed by atoms with Crippen LogP contribution in [-0.2, 0) is 4.74 Å². The van der Waals surface area contributed by atoms with Crippen molar-refractivity contribution in [3.8, 4) is 10.4 Å². The van der Waals surface area contributed by atoms with Crippen LogP contribution in [0.4, 0.5) is 9.39 Å². The number of halogens is 1. The van der Waals surface area contributed by atoms with Gasteiger partial charge >= 0.3 is 0 Å². The molecular weight excluding hydrogens is 375 g/mol. The van der Waals surface area contributed by atoms with E-state index >= 15 is 0 Å². The van der Waals surface area contributed by atoms with Crippen molar-refractivity contribution in [3.05, 3.63) is 90.2 Å². The van der Waals surface area contributed by atoms with Crippen LogP contribution in [0.1, 0.15) is 28.4 Å². The number of thiophene rings is 1. The van der Waals surface area contributed by atoms with E-state index in [0.29, 0.717) is 5.00 Å². The predicted octanol–water partition coefficient (Wildman–Crippen LogP) is 6.03. The third-order valence-electron chi connectivity index (χ3n) is 4.12. The molecule has 1 N–H and O–H groups in total. The second-order valence-electron chi connectivity index (χ2n) is 5.94. The smallest absolute Gasteiger partial charge is 0.259 e. The van der Waals surface area contributed by atoms with E-state index in [0.717, 1.165) is 33.5 Å². The molecule has 4 nitrogen and oxygen atoms in total. The van der Waals surface area contributed by atoms with Crippen LogP contribution in [0.15, 0.2) is 67.7 Å². The van der Waals surface area contributed by atoms with Crippen LogP contribution >= 0.6 is 11.3 Å². The molecule has 0 fully saturated rings. The SMILES string of the molecule is C=CO/C(=C\C)c1ccc(C)c(-c2ccc(NC(=O)c3ccncc3F)s2)c1. The third-order valence-corrected chi connectivity index (χ3v) is 5.15. The number of pyridine rings is 1. The van der Waals surface area contributed by atoms with E-state index in [-0.39, 0.29) is 5.56 Å². The number of allylic oxidation sites excluding steroid dienone is 1. The first-order chi connectivity index (χ1) is 13.5. The van der Waals surface area contributed by atoms with Gasteiger partial charge in [-0.05, 0) is 55.3 Å². The number of carbonyl (C=O) groups excluding carboxylic acids is 1. The lowest BCUT2D eigenvalue weighted by atomic mass is 10.0. The molecule has 0 aliphatic rings. The van der Waals surface area contributed by atoms with Crippen molar-refractivity contribution in [1.29, 1.82) is 0 Å². The quantitative estimate of drug-likeness (QED) is 0.519. The molecule has 0 unspecified atom stereocenters. The highest BCUT2D eigenvalue weighted by molar-refractivity contribution is 7.19. The zero-order chi connectivity index (χ0) is 20.1. The molecule has 3 rings (SSSR count). The van der Waals surface area contributed by atoms with Crippen molar-refractivity contribution in [3.63, 3.8) is 0 Å². The predicted molar refractivity (Wildman–Crippen MR) is 112 cm³/mol. The number of aryl methyl sites for hydroxylation is 1. The molecule has 0 aliphatic heterocycles. The minimum atomic E-state index is -0.651. The molecule has 28 heavy (non-hydrogen) atoms. The molecular formula is C22H19FN2O2S. The molecule has 0 radical (unpaired) electrons. The van der Waals surface area contributed by atoms with E-state index in [1.165, 1.54) is 29.9 Å². The molecule has 1 aromatic carbocycles. The largest absolute Gasteiger partial charge is 0.465 e. The Morgan fingerprint density at radius 3 is 2.82 bits per heavy atom. The Morgan fingerprint density at radius 2 is 2.11 bits per heavy atom. The van der Waals surface area contributed by atoms with Gasteiger partial charge in [0.1, 0.15) is 5.76 Å². The Balaban J connectivity index is 1.87. The fourth-order valence-electron chi connectivity index (χ4n) is 2.72. The number of aromatic nitrogens is 1. The summed E-state index contributed by atoms with van der Waals surface area (Å²) in [7, 11) is 0. The van der Waals surface area contributed by atoms with E-state index in [4.69, 9.17) is 4.74 Å². The molecule has 0 bridgehead atoms. The maximum atomic E-state index is 13.7. The number of hydrogen-bond acceptors (Lipinski definition) is 4. The first-order valence-electron chi connectivity index (χ1n) is 8.59. The highest BCUT2D eigenvalue weighted by Gasteiger charge is 2.14. The van der Waals surface area contributed by atoms with E-state index < -0.39 is 11.7 Å². The molecule has 1 amide bonds. The zero-order valence-corrected chi connectivity index (χ0v) is 16.3. The highest BCUT2D eigenvalue weighted by Crippen LogP contribution is 2.35. The molecule has 2 aromatic heterocycles. The van der Waals surface area contributed by atoms with E-state index in [9.17, 15) is 9.18 Å². The highest BCUT2D eigenvalue weighted by atomic mass is 32.1. The summed E-state index contributed by atoms with van der Waals surface area (Å²) < 4.78 is 19.2. The summed E-state index contributed by atoms with van der Waals surface area (Å²) in [5.41, 5.74) is 3.02. The van der Waals surface area contributed by atoms with E-state index in [1.807, 2.05) is 44.2 Å². The normalized spacial score (nSPS) is 11.2. The molecule has 0 saturated heterocycles. The number of hydrogen-bond donors (Lipinski definition) is 1. The molecule has 0 spiro atoms. The minimum Gasteiger partial charge on any atom is -0.465 e.